The highest BCUT2D eigenvalue weighted by Crippen LogP contribution is 2.23. The minimum Gasteiger partial charge on any atom is -0.390 e. The maximum Gasteiger partial charge on any atom is 0.0822 e. The number of hydrogen-bond donors (Lipinski definition) is 1. The lowest BCUT2D eigenvalue weighted by atomic mass is 9.99. The van der Waals surface area contributed by atoms with Crippen LogP contribution in [0.5, 0.6) is 0 Å². The van der Waals surface area contributed by atoms with Crippen LogP contribution in [-0.4, -0.2) is 66.4 Å². The van der Waals surface area contributed by atoms with E-state index < -0.39 is 0 Å². The summed E-state index contributed by atoms with van der Waals surface area (Å²) >= 11 is 1.82. The quantitative estimate of drug-likeness (QED) is 0.913. The molecule has 0 saturated carbocycles. The molecular weight excluding hydrogens is 272 g/mol. The largest absolute Gasteiger partial charge is 0.390 e. The van der Waals surface area contributed by atoms with Crippen LogP contribution in [0.3, 0.4) is 0 Å². The van der Waals surface area contributed by atoms with E-state index in [0.29, 0.717) is 6.04 Å². The number of ether oxygens (including phenoxy) is 1. The molecule has 5 heteroatoms. The molecule has 0 spiro atoms. The summed E-state index contributed by atoms with van der Waals surface area (Å²) in [5.74, 6) is 0. The number of aliphatic hydroxyl groups excluding tert-OH is 1. The minimum absolute atomic E-state index is 0.234. The van der Waals surface area contributed by atoms with Crippen molar-refractivity contribution in [2.75, 3.05) is 39.4 Å². The molecule has 0 unspecified atom stereocenters. The monoisotopic (exact) mass is 296 g/mol. The molecule has 2 atom stereocenters. The van der Waals surface area contributed by atoms with Crippen LogP contribution in [0.1, 0.15) is 16.9 Å². The normalized spacial score (nSPS) is 29.7. The van der Waals surface area contributed by atoms with E-state index in [4.69, 9.17) is 4.74 Å². The van der Waals surface area contributed by atoms with Crippen LogP contribution in [-0.2, 0) is 11.3 Å². The van der Waals surface area contributed by atoms with Gasteiger partial charge in [0.1, 0.15) is 0 Å². The van der Waals surface area contributed by atoms with Gasteiger partial charge in [0.05, 0.1) is 19.3 Å². The summed E-state index contributed by atoms with van der Waals surface area (Å²) in [6.07, 6.45) is 0.827. The van der Waals surface area contributed by atoms with Crippen LogP contribution in [0.15, 0.2) is 11.4 Å². The van der Waals surface area contributed by atoms with Crippen molar-refractivity contribution in [2.24, 2.45) is 0 Å². The summed E-state index contributed by atoms with van der Waals surface area (Å²) in [6.45, 7) is 8.56. The third-order valence-electron chi connectivity index (χ3n) is 4.48. The second-order valence-corrected chi connectivity index (χ2v) is 6.83. The molecule has 2 saturated heterocycles. The van der Waals surface area contributed by atoms with Crippen molar-refractivity contribution < 1.29 is 9.84 Å². The van der Waals surface area contributed by atoms with Gasteiger partial charge in [0, 0.05) is 43.6 Å². The van der Waals surface area contributed by atoms with Crippen molar-refractivity contribution in [3.05, 3.63) is 21.9 Å². The number of rotatable bonds is 3. The zero-order chi connectivity index (χ0) is 13.9. The van der Waals surface area contributed by atoms with Crippen molar-refractivity contribution in [2.45, 2.75) is 32.0 Å². The molecule has 3 heterocycles. The van der Waals surface area contributed by atoms with Gasteiger partial charge in [-0.2, -0.15) is 0 Å². The average Bonchev–Trinajstić information content (AvgIpc) is 2.85. The lowest BCUT2D eigenvalue weighted by Crippen LogP contribution is -2.56. The number of aliphatic hydroxyl groups is 1. The van der Waals surface area contributed by atoms with Gasteiger partial charge in [-0.05, 0) is 30.4 Å². The summed E-state index contributed by atoms with van der Waals surface area (Å²) in [5, 5.41) is 12.6. The molecule has 4 nitrogen and oxygen atoms in total. The first-order chi connectivity index (χ1) is 9.74. The number of aryl methyl sites for hydroxylation is 1. The Hall–Kier alpha value is -0.460. The molecule has 20 heavy (non-hydrogen) atoms. The maximum atomic E-state index is 10.5. The van der Waals surface area contributed by atoms with Gasteiger partial charge in [0.2, 0.25) is 0 Å². The highest BCUT2D eigenvalue weighted by Gasteiger charge is 2.32. The molecule has 2 fully saturated rings. The summed E-state index contributed by atoms with van der Waals surface area (Å²) in [6, 6.07) is 2.50. The van der Waals surface area contributed by atoms with Crippen LogP contribution in [0.2, 0.25) is 0 Å². The maximum absolute atomic E-state index is 10.5. The van der Waals surface area contributed by atoms with E-state index in [1.54, 1.807) is 0 Å². The lowest BCUT2D eigenvalue weighted by Gasteiger charge is -2.43. The van der Waals surface area contributed by atoms with E-state index in [1.165, 1.54) is 10.4 Å². The van der Waals surface area contributed by atoms with Crippen LogP contribution >= 0.6 is 11.3 Å². The van der Waals surface area contributed by atoms with Gasteiger partial charge in [-0.1, -0.05) is 0 Å². The van der Waals surface area contributed by atoms with Gasteiger partial charge in [0.25, 0.3) is 0 Å². The van der Waals surface area contributed by atoms with Gasteiger partial charge < -0.3 is 9.84 Å². The standard InChI is InChI=1S/C15H24N2O2S/c1-12-3-9-20-15(12)11-16-4-2-13(14(18)10-16)17-5-7-19-8-6-17/h3,9,13-14,18H,2,4-8,10-11H2,1H3/t13-,14-/m1/s1. The first kappa shape index (κ1) is 14.5. The van der Waals surface area contributed by atoms with Crippen molar-refractivity contribution in [3.63, 3.8) is 0 Å². The number of likely N-dealkylation sites (tertiary alicyclic amines) is 1. The lowest BCUT2D eigenvalue weighted by molar-refractivity contribution is -0.0533. The molecule has 0 bridgehead atoms. The smallest absolute Gasteiger partial charge is 0.0822 e. The molecule has 1 aromatic rings. The number of thiophene rings is 1. The van der Waals surface area contributed by atoms with Gasteiger partial charge in [-0.25, -0.2) is 0 Å². The molecule has 1 N–H and O–H groups in total. The van der Waals surface area contributed by atoms with Crippen LogP contribution in [0.25, 0.3) is 0 Å². The zero-order valence-electron chi connectivity index (χ0n) is 12.1. The number of piperidine rings is 1. The molecule has 0 aliphatic carbocycles. The fraction of sp³-hybridized carbons (Fsp3) is 0.733. The Morgan fingerprint density at radius 1 is 1.35 bits per heavy atom. The van der Waals surface area contributed by atoms with Crippen molar-refractivity contribution in [1.82, 2.24) is 9.80 Å². The van der Waals surface area contributed by atoms with Gasteiger partial charge in [-0.15, -0.1) is 11.3 Å². The fourth-order valence-electron chi connectivity index (χ4n) is 3.23. The Labute approximate surface area is 125 Å². The Balaban J connectivity index is 1.55. The average molecular weight is 296 g/mol. The first-order valence-corrected chi connectivity index (χ1v) is 8.37. The van der Waals surface area contributed by atoms with Crippen molar-refractivity contribution in [1.29, 1.82) is 0 Å². The molecule has 1 aromatic heterocycles. The Bertz CT molecular complexity index is 431. The number of nitrogens with zero attached hydrogens (tertiary/aromatic N) is 2. The molecule has 3 rings (SSSR count). The van der Waals surface area contributed by atoms with E-state index in [9.17, 15) is 5.11 Å². The summed E-state index contributed by atoms with van der Waals surface area (Å²) in [5.41, 5.74) is 1.37. The van der Waals surface area contributed by atoms with Crippen LogP contribution in [0, 0.1) is 6.92 Å². The number of hydrogen-bond acceptors (Lipinski definition) is 5. The molecule has 0 amide bonds. The Kier molecular flexibility index (Phi) is 4.73. The topological polar surface area (TPSA) is 35.9 Å². The molecule has 2 aliphatic rings. The van der Waals surface area contributed by atoms with Gasteiger partial charge >= 0.3 is 0 Å². The molecule has 0 aromatic carbocycles. The molecular formula is C15H24N2O2S. The predicted molar refractivity (Wildman–Crippen MR) is 81.1 cm³/mol. The first-order valence-electron chi connectivity index (χ1n) is 7.49. The van der Waals surface area contributed by atoms with Gasteiger partial charge in [0.15, 0.2) is 0 Å². The number of morpholine rings is 1. The summed E-state index contributed by atoms with van der Waals surface area (Å²) in [7, 11) is 0. The van der Waals surface area contributed by atoms with Crippen LogP contribution < -0.4 is 0 Å². The molecule has 0 radical (unpaired) electrons. The second-order valence-electron chi connectivity index (χ2n) is 5.83. The Morgan fingerprint density at radius 3 is 2.80 bits per heavy atom. The highest BCUT2D eigenvalue weighted by atomic mass is 32.1. The molecule has 112 valence electrons. The van der Waals surface area contributed by atoms with E-state index in [-0.39, 0.29) is 6.10 Å². The Morgan fingerprint density at radius 2 is 2.15 bits per heavy atom. The predicted octanol–water partition coefficient (Wildman–Crippen LogP) is 1.32. The summed E-state index contributed by atoms with van der Waals surface area (Å²) < 4.78 is 5.40. The fourth-order valence-corrected chi connectivity index (χ4v) is 4.18. The van der Waals surface area contributed by atoms with Crippen molar-refractivity contribution in [3.8, 4) is 0 Å². The zero-order valence-corrected chi connectivity index (χ0v) is 12.9. The second kappa shape index (κ2) is 6.54. The highest BCUT2D eigenvalue weighted by molar-refractivity contribution is 7.10. The third kappa shape index (κ3) is 3.23. The third-order valence-corrected chi connectivity index (χ3v) is 5.49. The van der Waals surface area contributed by atoms with Crippen molar-refractivity contribution >= 4 is 11.3 Å². The summed E-state index contributed by atoms with van der Waals surface area (Å²) in [4.78, 5) is 6.23. The van der Waals surface area contributed by atoms with Gasteiger partial charge in [-0.3, -0.25) is 9.80 Å². The minimum atomic E-state index is -0.234. The van der Waals surface area contributed by atoms with E-state index in [2.05, 4.69) is 28.2 Å². The number of β-amino-alcohol motifs (C(OH)–C–C–N with tert-alkyl or cyclic N) is 1. The SMILES string of the molecule is Cc1ccsc1CN1CC[C@@H](N2CCOCC2)[C@H](O)C1. The van der Waals surface area contributed by atoms with E-state index >= 15 is 0 Å². The van der Waals surface area contributed by atoms with Crippen LogP contribution in [0.4, 0.5) is 0 Å². The molecule has 2 aliphatic heterocycles. The van der Waals surface area contributed by atoms with E-state index in [1.807, 2.05) is 11.3 Å². The van der Waals surface area contributed by atoms with E-state index in [0.717, 1.165) is 52.4 Å².